The standard InChI is InChI=1S/C36H22ClN.C24H14ClF.C13H10.CH3F.CH2O3.2Cs.H/c37-25-19-24(20-26(22-25)38-35-15-7-5-13-32(35)33-14-6-8-16-36(33)38)23-17-18-31-29-11-2-1-9-27(29)28-10-3-4-12-30(28)34(31)21-23;25-17-11-16(12-18(26)14-17)15-9-10-23-21-7-2-1-5-19(21)20-6-3-4-8-22(20)24(23)13-15;1-3-7-12-10(5-1)9-11-6-2-4-8-13(11)12;1-2;2-1-4-3;;;/h1-22H;1-14H;1-8H,9H2;1H3;1,3H;;;/q;;;;;2*+1;-1/p-1/i;;;1D;;;;. The second-order valence-electron chi connectivity index (χ2n) is 20.1. The van der Waals surface area contributed by atoms with E-state index in [4.69, 9.17) is 34.6 Å². The molecule has 16 rings (SSSR count). The summed E-state index contributed by atoms with van der Waals surface area (Å²) in [5.41, 5.74) is 13.2. The van der Waals surface area contributed by atoms with E-state index < -0.39 is 7.15 Å². The van der Waals surface area contributed by atoms with Crippen molar-refractivity contribution in [3.8, 4) is 39.1 Å². The molecule has 0 atom stereocenters. The van der Waals surface area contributed by atoms with E-state index in [2.05, 4.69) is 252 Å². The summed E-state index contributed by atoms with van der Waals surface area (Å²) in [6.45, 7) is -0.181. The van der Waals surface area contributed by atoms with Gasteiger partial charge in [-0.25, -0.2) is 4.39 Å². The molecule has 4 nitrogen and oxygen atoms in total. The Morgan fingerprint density at radius 1 is 0.424 bits per heavy atom. The van der Waals surface area contributed by atoms with Crippen LogP contribution >= 0.6 is 23.2 Å². The first-order valence-electron chi connectivity index (χ1n) is 27.6. The Balaban J connectivity index is 0.000000159. The molecule has 0 N–H and O–H groups in total. The van der Waals surface area contributed by atoms with Gasteiger partial charge in [0.05, 0.1) is 19.6 Å². The van der Waals surface area contributed by atoms with Crippen LogP contribution in [0, 0.1) is 5.82 Å². The average molecular weight is 1390 g/mol. The fraction of sp³-hybridized carbons (Fsp3) is 0.0267. The zero-order chi connectivity index (χ0) is 57.7. The number of para-hydroxylation sites is 2. The predicted molar refractivity (Wildman–Crippen MR) is 343 cm³/mol. The van der Waals surface area contributed by atoms with Gasteiger partial charge in [-0.1, -0.05) is 229 Å². The van der Waals surface area contributed by atoms with E-state index in [-0.39, 0.29) is 152 Å². The minimum absolute atomic E-state index is 0. The minimum Gasteiger partial charge on any atom is -1.00 e. The van der Waals surface area contributed by atoms with Gasteiger partial charge in [0.15, 0.2) is 0 Å². The molecule has 0 bridgehead atoms. The number of hydrogen-bond donors (Lipinski definition) is 0. The van der Waals surface area contributed by atoms with Crippen LogP contribution < -0.4 is 143 Å². The van der Waals surface area contributed by atoms with Gasteiger partial charge in [-0.3, -0.25) is 9.18 Å². The van der Waals surface area contributed by atoms with Gasteiger partial charge in [0.25, 0.3) is 6.47 Å². The monoisotopic (exact) mass is 1390 g/mol. The van der Waals surface area contributed by atoms with Gasteiger partial charge in [0.2, 0.25) is 0 Å². The number of benzene rings is 14. The number of nitrogens with zero attached hydrogens (tertiary/aromatic N) is 1. The van der Waals surface area contributed by atoms with E-state index in [0.717, 1.165) is 44.8 Å². The number of alkyl halides is 1. The molecule has 404 valence electrons. The number of rotatable bonds is 4. The SMILES string of the molecule is Clc1cc(-c2ccc3c4ccccc4c4ccccc4c3c2)cc(-n2c3ccccc3c3ccccc32)c1.Fc1cc(Cl)cc(-c2ccc3c4ccccc4c4ccccc4c3c2)c1.O=CO[O-].[2H]CF.[Cs+].[Cs+].[H-].c1ccc2c(c1)Cc1ccccc1-2. The van der Waals surface area contributed by atoms with Gasteiger partial charge in [-0.05, 0) is 176 Å². The molecular weight excluding hydrogens is 1340 g/mol. The maximum atomic E-state index is 13.8. The molecule has 0 spiro atoms. The number of fused-ring (bicyclic) bond motifs is 18. The van der Waals surface area contributed by atoms with E-state index in [9.17, 15) is 8.78 Å². The fourth-order valence-corrected chi connectivity index (χ4v) is 12.5. The summed E-state index contributed by atoms with van der Waals surface area (Å²) in [5.74, 6) is -0.323. The van der Waals surface area contributed by atoms with Crippen molar-refractivity contribution in [3.05, 3.63) is 294 Å². The van der Waals surface area contributed by atoms with E-state index >= 15 is 0 Å². The molecule has 14 aromatic carbocycles. The summed E-state index contributed by atoms with van der Waals surface area (Å²) in [5, 5.41) is 27.0. The van der Waals surface area contributed by atoms with Crippen molar-refractivity contribution in [2.45, 2.75) is 6.42 Å². The molecule has 1 aliphatic carbocycles. The summed E-state index contributed by atoms with van der Waals surface area (Å²) in [4.78, 5) is 11.2. The maximum Gasteiger partial charge on any atom is 1.00 e. The summed E-state index contributed by atoms with van der Waals surface area (Å²) >= 11 is 12.8. The molecule has 10 heteroatoms. The van der Waals surface area contributed by atoms with E-state index in [0.29, 0.717) is 5.02 Å². The number of halogens is 4. The molecular formula is C75H51Cl2Cs2F2NO3. The van der Waals surface area contributed by atoms with Crippen molar-refractivity contribution in [1.29, 1.82) is 0 Å². The summed E-state index contributed by atoms with van der Waals surface area (Å²) in [6.07, 6.45) is 1.10. The van der Waals surface area contributed by atoms with Crippen LogP contribution in [0.4, 0.5) is 8.78 Å². The van der Waals surface area contributed by atoms with Crippen molar-refractivity contribution < 1.29 is 164 Å². The molecule has 0 fully saturated rings. The Hall–Kier alpha value is -5.59. The molecule has 0 amide bonds. The molecule has 0 saturated carbocycles. The molecule has 85 heavy (non-hydrogen) atoms. The van der Waals surface area contributed by atoms with Crippen molar-refractivity contribution in [1.82, 2.24) is 4.57 Å². The normalized spacial score (nSPS) is 11.1. The zero-order valence-electron chi connectivity index (χ0n) is 48.6. The Labute approximate surface area is 621 Å². The molecule has 0 radical (unpaired) electrons. The van der Waals surface area contributed by atoms with Gasteiger partial charge in [0.1, 0.15) is 5.82 Å². The first-order valence-corrected chi connectivity index (χ1v) is 27.7. The maximum absolute atomic E-state index is 13.8. The number of hydrogen-bond acceptors (Lipinski definition) is 3. The quantitative estimate of drug-likeness (QED) is 0.0764. The van der Waals surface area contributed by atoms with E-state index in [1.54, 1.807) is 6.07 Å². The van der Waals surface area contributed by atoms with Crippen molar-refractivity contribution in [2.24, 2.45) is 0 Å². The third-order valence-electron chi connectivity index (χ3n) is 15.5. The first kappa shape index (κ1) is 61.1. The van der Waals surface area contributed by atoms with Crippen LogP contribution in [0.25, 0.3) is 126 Å². The molecule has 0 aliphatic heterocycles. The van der Waals surface area contributed by atoms with Crippen LogP contribution in [0.5, 0.6) is 0 Å². The largest absolute Gasteiger partial charge is 1.00 e. The Morgan fingerprint density at radius 3 is 1.13 bits per heavy atom. The number of aromatic nitrogens is 1. The van der Waals surface area contributed by atoms with Gasteiger partial charge >= 0.3 is 138 Å². The molecule has 0 saturated heterocycles. The van der Waals surface area contributed by atoms with Crippen molar-refractivity contribution in [3.63, 3.8) is 0 Å². The number of carbonyl (C=O) groups excluding carboxylic acids is 1. The third-order valence-corrected chi connectivity index (χ3v) is 15.9. The fourth-order valence-electron chi connectivity index (χ4n) is 12.0. The third kappa shape index (κ3) is 12.8. The van der Waals surface area contributed by atoms with Crippen LogP contribution in [0.3, 0.4) is 0 Å². The molecule has 0 unspecified atom stereocenters. The molecule has 15 aromatic rings. The Kier molecular flexibility index (Phi) is 20.5. The van der Waals surface area contributed by atoms with Crippen LogP contribution in [0.15, 0.2) is 267 Å². The predicted octanol–water partition coefficient (Wildman–Crippen LogP) is 14.6. The van der Waals surface area contributed by atoms with Crippen molar-refractivity contribution in [2.75, 3.05) is 7.15 Å². The summed E-state index contributed by atoms with van der Waals surface area (Å²) in [6, 6.07) is 92.9. The average Bonchev–Trinajstić information content (AvgIpc) is 1.81. The van der Waals surface area contributed by atoms with Crippen LogP contribution in [-0.4, -0.2) is 18.2 Å². The summed E-state index contributed by atoms with van der Waals surface area (Å²) < 4.78 is 31.6. The van der Waals surface area contributed by atoms with E-state index in [1.165, 1.54) is 115 Å². The zero-order valence-corrected chi connectivity index (χ0v) is 60.7. The minimum atomic E-state index is -1.00. The van der Waals surface area contributed by atoms with Crippen molar-refractivity contribution >= 4 is 116 Å². The second kappa shape index (κ2) is 28.5. The Morgan fingerprint density at radius 2 is 0.741 bits per heavy atom. The van der Waals surface area contributed by atoms with Crippen LogP contribution in [-0.2, 0) is 16.1 Å². The summed E-state index contributed by atoms with van der Waals surface area (Å²) in [7, 11) is -1.00. The van der Waals surface area contributed by atoms with Gasteiger partial charge in [-0.2, -0.15) is 0 Å². The van der Waals surface area contributed by atoms with Crippen LogP contribution in [0.2, 0.25) is 10.0 Å². The smallest absolute Gasteiger partial charge is 1.00 e. The number of carbonyl (C=O) groups is 1. The van der Waals surface area contributed by atoms with Gasteiger partial charge in [-0.15, -0.1) is 0 Å². The van der Waals surface area contributed by atoms with E-state index in [1.807, 2.05) is 6.07 Å². The molecule has 1 aliphatic rings. The van der Waals surface area contributed by atoms with Crippen LogP contribution in [0.1, 0.15) is 13.9 Å². The topological polar surface area (TPSA) is 54.3 Å². The van der Waals surface area contributed by atoms with Gasteiger partial charge in [0, 0.05) is 26.5 Å². The second-order valence-corrected chi connectivity index (χ2v) is 21.0. The molecule has 1 aromatic heterocycles. The Bertz CT molecular complexity index is 4800. The van der Waals surface area contributed by atoms with Gasteiger partial charge < -0.3 is 16.1 Å². The first-order chi connectivity index (χ1) is 41.2. The molecule has 1 heterocycles.